The van der Waals surface area contributed by atoms with Crippen LogP contribution in [-0.2, 0) is 24.2 Å². The molecule has 0 unspecified atom stereocenters. The zero-order valence-corrected chi connectivity index (χ0v) is 18.1. The fraction of sp³-hybridized carbons (Fsp3) is 0.200. The number of para-hydroxylation sites is 3. The largest absolute Gasteiger partial charge is 0.496 e. The Morgan fingerprint density at radius 2 is 1.77 bits per heavy atom. The van der Waals surface area contributed by atoms with Gasteiger partial charge in [-0.15, -0.1) is 0 Å². The molecule has 5 nitrogen and oxygen atoms in total. The van der Waals surface area contributed by atoms with Crippen molar-refractivity contribution in [3.63, 3.8) is 0 Å². The van der Waals surface area contributed by atoms with Crippen LogP contribution in [0.1, 0.15) is 17.0 Å². The number of hydrogen-bond acceptors (Lipinski definition) is 3. The van der Waals surface area contributed by atoms with E-state index >= 15 is 0 Å². The van der Waals surface area contributed by atoms with Gasteiger partial charge in [0.2, 0.25) is 5.91 Å². The number of ether oxygens (including phenoxy) is 1. The molecule has 0 bridgehead atoms. The van der Waals surface area contributed by atoms with Gasteiger partial charge >= 0.3 is 0 Å². The summed E-state index contributed by atoms with van der Waals surface area (Å²) in [6, 6.07) is 23.4. The second-order valence-electron chi connectivity index (χ2n) is 7.32. The monoisotopic (exact) mass is 433 g/mol. The van der Waals surface area contributed by atoms with Crippen LogP contribution in [0.3, 0.4) is 0 Å². The number of halogens is 1. The van der Waals surface area contributed by atoms with Crippen molar-refractivity contribution in [2.24, 2.45) is 0 Å². The summed E-state index contributed by atoms with van der Waals surface area (Å²) in [5.41, 5.74) is 4.03. The van der Waals surface area contributed by atoms with Crippen LogP contribution >= 0.6 is 11.6 Å². The fourth-order valence-electron chi connectivity index (χ4n) is 3.66. The number of nitrogens with zero attached hydrogens (tertiary/aromatic N) is 2. The molecule has 1 N–H and O–H groups in total. The molecule has 4 rings (SSSR count). The van der Waals surface area contributed by atoms with Gasteiger partial charge in [0, 0.05) is 23.6 Å². The van der Waals surface area contributed by atoms with Crippen LogP contribution in [0.5, 0.6) is 5.75 Å². The van der Waals surface area contributed by atoms with Crippen molar-refractivity contribution in [3.8, 4) is 5.75 Å². The molecule has 3 aromatic carbocycles. The summed E-state index contributed by atoms with van der Waals surface area (Å²) in [6.07, 6.45) is 0.963. The van der Waals surface area contributed by atoms with E-state index in [1.54, 1.807) is 19.2 Å². The molecule has 0 spiro atoms. The Morgan fingerprint density at radius 1 is 1.03 bits per heavy atom. The number of amides is 1. The van der Waals surface area contributed by atoms with E-state index < -0.39 is 0 Å². The first-order valence-corrected chi connectivity index (χ1v) is 10.6. The number of hydrogen-bond donors (Lipinski definition) is 1. The standard InChI is InChI=1S/C25H24ClN3O2/c1-31-23-9-5-2-6-19(23)17-29-22-8-4-3-7-21(22)28-24(29)14-15-27-25(30)16-18-10-12-20(26)13-11-18/h2-13H,14-17H2,1H3,(H,27,30). The summed E-state index contributed by atoms with van der Waals surface area (Å²) < 4.78 is 7.72. The number of aromatic nitrogens is 2. The van der Waals surface area contributed by atoms with Crippen molar-refractivity contribution in [2.75, 3.05) is 13.7 Å². The minimum Gasteiger partial charge on any atom is -0.496 e. The first-order chi connectivity index (χ1) is 15.1. The lowest BCUT2D eigenvalue weighted by atomic mass is 10.1. The van der Waals surface area contributed by atoms with Gasteiger partial charge in [-0.25, -0.2) is 4.98 Å². The van der Waals surface area contributed by atoms with Crippen molar-refractivity contribution >= 4 is 28.5 Å². The highest BCUT2D eigenvalue weighted by Gasteiger charge is 2.13. The minimum atomic E-state index is -0.0188. The van der Waals surface area contributed by atoms with Gasteiger partial charge < -0.3 is 14.6 Å². The Kier molecular flexibility index (Phi) is 6.53. The number of fused-ring (bicyclic) bond motifs is 1. The molecule has 0 saturated carbocycles. The number of rotatable bonds is 8. The molecule has 0 fully saturated rings. The van der Waals surface area contributed by atoms with E-state index in [0.29, 0.717) is 31.0 Å². The SMILES string of the molecule is COc1ccccc1Cn1c(CCNC(=O)Cc2ccc(Cl)cc2)nc2ccccc21. The van der Waals surface area contributed by atoms with E-state index in [1.807, 2.05) is 48.5 Å². The van der Waals surface area contributed by atoms with Crippen LogP contribution in [0.25, 0.3) is 11.0 Å². The Hall–Kier alpha value is -3.31. The van der Waals surface area contributed by atoms with Gasteiger partial charge in [0.05, 0.1) is 31.1 Å². The topological polar surface area (TPSA) is 56.1 Å². The van der Waals surface area contributed by atoms with E-state index in [9.17, 15) is 4.79 Å². The Morgan fingerprint density at radius 3 is 2.58 bits per heavy atom. The summed E-state index contributed by atoms with van der Waals surface area (Å²) in [4.78, 5) is 17.1. The van der Waals surface area contributed by atoms with Gasteiger partial charge in [0.1, 0.15) is 11.6 Å². The number of benzene rings is 3. The highest BCUT2D eigenvalue weighted by atomic mass is 35.5. The van der Waals surface area contributed by atoms with Crippen molar-refractivity contribution in [1.82, 2.24) is 14.9 Å². The number of carbonyl (C=O) groups is 1. The van der Waals surface area contributed by atoms with Crippen LogP contribution in [0.2, 0.25) is 5.02 Å². The highest BCUT2D eigenvalue weighted by Crippen LogP contribution is 2.23. The van der Waals surface area contributed by atoms with Crippen molar-refractivity contribution in [3.05, 3.63) is 94.8 Å². The molecule has 0 saturated heterocycles. The average molecular weight is 434 g/mol. The van der Waals surface area contributed by atoms with E-state index in [2.05, 4.69) is 22.0 Å². The van der Waals surface area contributed by atoms with Crippen molar-refractivity contribution in [2.45, 2.75) is 19.4 Å². The number of imidazole rings is 1. The van der Waals surface area contributed by atoms with E-state index in [1.165, 1.54) is 0 Å². The Labute approximate surface area is 186 Å². The summed E-state index contributed by atoms with van der Waals surface area (Å²) in [6.45, 7) is 1.17. The molecular formula is C25H24ClN3O2. The Bertz CT molecular complexity index is 1190. The maximum atomic E-state index is 12.3. The molecule has 4 aromatic rings. The van der Waals surface area contributed by atoms with E-state index in [4.69, 9.17) is 21.3 Å². The first kappa shape index (κ1) is 20.9. The molecule has 1 amide bonds. The number of nitrogens with one attached hydrogen (secondary N) is 1. The maximum Gasteiger partial charge on any atom is 0.224 e. The molecule has 0 aliphatic heterocycles. The zero-order chi connectivity index (χ0) is 21.6. The number of carbonyl (C=O) groups excluding carboxylic acids is 1. The van der Waals surface area contributed by atoms with Crippen LogP contribution in [0, 0.1) is 0 Å². The van der Waals surface area contributed by atoms with Gasteiger partial charge in [0.25, 0.3) is 0 Å². The van der Waals surface area contributed by atoms with E-state index in [0.717, 1.165) is 33.7 Å². The van der Waals surface area contributed by atoms with Gasteiger partial charge in [-0.3, -0.25) is 4.79 Å². The summed E-state index contributed by atoms with van der Waals surface area (Å²) >= 11 is 5.91. The highest BCUT2D eigenvalue weighted by molar-refractivity contribution is 6.30. The third-order valence-corrected chi connectivity index (χ3v) is 5.46. The zero-order valence-electron chi connectivity index (χ0n) is 17.3. The summed E-state index contributed by atoms with van der Waals surface area (Å²) in [7, 11) is 1.68. The van der Waals surface area contributed by atoms with Gasteiger partial charge in [-0.2, -0.15) is 0 Å². The van der Waals surface area contributed by atoms with Crippen molar-refractivity contribution in [1.29, 1.82) is 0 Å². The molecule has 158 valence electrons. The Balaban J connectivity index is 1.47. The van der Waals surface area contributed by atoms with Crippen LogP contribution in [0.15, 0.2) is 72.8 Å². The molecule has 1 aromatic heterocycles. The minimum absolute atomic E-state index is 0.0188. The molecule has 0 atom stereocenters. The average Bonchev–Trinajstić information content (AvgIpc) is 3.13. The lowest BCUT2D eigenvalue weighted by Gasteiger charge is -2.13. The number of methoxy groups -OCH3 is 1. The quantitative estimate of drug-likeness (QED) is 0.440. The van der Waals surface area contributed by atoms with Gasteiger partial charge in [-0.1, -0.05) is 54.1 Å². The second-order valence-corrected chi connectivity index (χ2v) is 7.75. The molecule has 1 heterocycles. The predicted molar refractivity (Wildman–Crippen MR) is 124 cm³/mol. The smallest absolute Gasteiger partial charge is 0.224 e. The van der Waals surface area contributed by atoms with Crippen LogP contribution < -0.4 is 10.1 Å². The van der Waals surface area contributed by atoms with Crippen molar-refractivity contribution < 1.29 is 9.53 Å². The normalized spacial score (nSPS) is 10.9. The first-order valence-electron chi connectivity index (χ1n) is 10.2. The molecular weight excluding hydrogens is 410 g/mol. The third-order valence-electron chi connectivity index (χ3n) is 5.20. The fourth-order valence-corrected chi connectivity index (χ4v) is 3.79. The lowest BCUT2D eigenvalue weighted by Crippen LogP contribution is -2.28. The summed E-state index contributed by atoms with van der Waals surface area (Å²) in [5, 5.41) is 3.67. The maximum absolute atomic E-state index is 12.3. The molecule has 0 aliphatic rings. The predicted octanol–water partition coefficient (Wildman–Crippen LogP) is 4.65. The van der Waals surface area contributed by atoms with Crippen LogP contribution in [-0.4, -0.2) is 29.1 Å². The molecule has 6 heteroatoms. The van der Waals surface area contributed by atoms with Crippen LogP contribution in [0.4, 0.5) is 0 Å². The lowest BCUT2D eigenvalue weighted by molar-refractivity contribution is -0.120. The molecule has 31 heavy (non-hydrogen) atoms. The third kappa shape index (κ3) is 5.06. The second kappa shape index (κ2) is 9.67. The van der Waals surface area contributed by atoms with E-state index in [-0.39, 0.29) is 5.91 Å². The molecule has 0 radical (unpaired) electrons. The van der Waals surface area contributed by atoms with Gasteiger partial charge in [-0.05, 0) is 35.9 Å². The molecule has 0 aliphatic carbocycles. The van der Waals surface area contributed by atoms with Gasteiger partial charge in [0.15, 0.2) is 0 Å². The summed E-state index contributed by atoms with van der Waals surface area (Å²) in [5.74, 6) is 1.76.